The Hall–Kier alpha value is -2.80. The number of rotatable bonds is 6. The van der Waals surface area contributed by atoms with Gasteiger partial charge in [-0.2, -0.15) is 4.98 Å². The minimum absolute atomic E-state index is 0.172. The largest absolute Gasteiger partial charge is 0.405 e. The van der Waals surface area contributed by atoms with E-state index in [1.54, 1.807) is 30.4 Å². The summed E-state index contributed by atoms with van der Waals surface area (Å²) >= 11 is 1.26. The predicted octanol–water partition coefficient (Wildman–Crippen LogP) is 4.87. The summed E-state index contributed by atoms with van der Waals surface area (Å²) in [5.41, 5.74) is 12.4. The van der Waals surface area contributed by atoms with E-state index in [1.165, 1.54) is 24.0 Å². The minimum atomic E-state index is -0.358. The van der Waals surface area contributed by atoms with Crippen LogP contribution in [0.15, 0.2) is 65.1 Å². The fourth-order valence-corrected chi connectivity index (χ4v) is 3.04. The number of hydrogen-bond donors (Lipinski definition) is 3. The lowest BCUT2D eigenvalue weighted by molar-refractivity contribution is 0.568. The Balaban J connectivity index is 2.25. The van der Waals surface area contributed by atoms with E-state index >= 15 is 0 Å². The molecule has 0 atom stereocenters. The van der Waals surface area contributed by atoms with E-state index in [9.17, 15) is 4.39 Å². The van der Waals surface area contributed by atoms with Crippen molar-refractivity contribution in [3.05, 3.63) is 71.7 Å². The van der Waals surface area contributed by atoms with E-state index < -0.39 is 0 Å². The standard InChI is InChI=1S/C20H24FN5S/c1-5-6-14(9-10-22)27-16-8-7-13(11-15(16)21)24-18-12-17(20(2,3)4)25-19(23)26-18/h5-12H,1,22H2,2-4H3,(H3,23,24,25,26)/b10-9-,14-6+. The summed E-state index contributed by atoms with van der Waals surface area (Å²) in [5.74, 6) is 0.333. The minimum Gasteiger partial charge on any atom is -0.405 e. The molecule has 0 spiro atoms. The van der Waals surface area contributed by atoms with E-state index in [0.717, 1.165) is 10.6 Å². The average Bonchev–Trinajstić information content (AvgIpc) is 2.56. The van der Waals surface area contributed by atoms with Crippen LogP contribution in [0.25, 0.3) is 0 Å². The number of allylic oxidation sites excluding steroid dienone is 3. The van der Waals surface area contributed by atoms with Crippen molar-refractivity contribution in [1.29, 1.82) is 0 Å². The van der Waals surface area contributed by atoms with Gasteiger partial charge in [0.05, 0.1) is 5.69 Å². The third-order valence-electron chi connectivity index (χ3n) is 3.49. The molecule has 0 fully saturated rings. The smallest absolute Gasteiger partial charge is 0.222 e. The summed E-state index contributed by atoms with van der Waals surface area (Å²) in [6.07, 6.45) is 6.48. The van der Waals surface area contributed by atoms with Crippen LogP contribution in [0, 0.1) is 5.82 Å². The first-order chi connectivity index (χ1) is 12.7. The number of nitrogen functional groups attached to an aromatic ring is 1. The van der Waals surface area contributed by atoms with Crippen molar-refractivity contribution < 1.29 is 4.39 Å². The molecule has 0 saturated heterocycles. The first-order valence-electron chi connectivity index (χ1n) is 8.33. The van der Waals surface area contributed by atoms with Gasteiger partial charge in [0, 0.05) is 27.0 Å². The molecule has 0 aliphatic carbocycles. The van der Waals surface area contributed by atoms with Gasteiger partial charge in [-0.1, -0.05) is 45.2 Å². The van der Waals surface area contributed by atoms with Crippen LogP contribution in [0.2, 0.25) is 0 Å². The van der Waals surface area contributed by atoms with E-state index in [1.807, 2.05) is 26.8 Å². The highest BCUT2D eigenvalue weighted by molar-refractivity contribution is 8.03. The summed E-state index contributed by atoms with van der Waals surface area (Å²) in [6.45, 7) is 9.76. The zero-order valence-electron chi connectivity index (χ0n) is 15.7. The van der Waals surface area contributed by atoms with Crippen LogP contribution in [0.5, 0.6) is 0 Å². The fraction of sp³-hybridized carbons (Fsp3) is 0.200. The van der Waals surface area contributed by atoms with Gasteiger partial charge in [-0.15, -0.1) is 0 Å². The Morgan fingerprint density at radius 2 is 2.00 bits per heavy atom. The van der Waals surface area contributed by atoms with Gasteiger partial charge in [-0.3, -0.25) is 0 Å². The molecule has 2 aromatic rings. The van der Waals surface area contributed by atoms with Gasteiger partial charge >= 0.3 is 0 Å². The maximum absolute atomic E-state index is 14.5. The van der Waals surface area contributed by atoms with Crippen molar-refractivity contribution in [3.8, 4) is 0 Å². The molecule has 142 valence electrons. The van der Waals surface area contributed by atoms with Crippen LogP contribution in [0.4, 0.5) is 21.8 Å². The van der Waals surface area contributed by atoms with E-state index in [4.69, 9.17) is 11.5 Å². The number of nitrogens with one attached hydrogen (secondary N) is 1. The normalized spacial score (nSPS) is 12.4. The second-order valence-corrected chi connectivity index (χ2v) is 7.90. The maximum Gasteiger partial charge on any atom is 0.222 e. The molecule has 0 saturated carbocycles. The molecule has 0 aliphatic rings. The zero-order valence-corrected chi connectivity index (χ0v) is 16.5. The van der Waals surface area contributed by atoms with Crippen LogP contribution in [0.3, 0.4) is 0 Å². The summed E-state index contributed by atoms with van der Waals surface area (Å²) in [4.78, 5) is 9.70. The number of aromatic nitrogens is 2. The lowest BCUT2D eigenvalue weighted by Gasteiger charge is -2.19. The van der Waals surface area contributed by atoms with Crippen LogP contribution < -0.4 is 16.8 Å². The van der Waals surface area contributed by atoms with Gasteiger partial charge in [0.25, 0.3) is 0 Å². The molecule has 0 radical (unpaired) electrons. The van der Waals surface area contributed by atoms with Crippen molar-refractivity contribution in [1.82, 2.24) is 9.97 Å². The van der Waals surface area contributed by atoms with Crippen molar-refractivity contribution in [3.63, 3.8) is 0 Å². The summed E-state index contributed by atoms with van der Waals surface area (Å²) < 4.78 is 14.5. The first-order valence-corrected chi connectivity index (χ1v) is 9.15. The lowest BCUT2D eigenvalue weighted by Crippen LogP contribution is -2.16. The Kier molecular flexibility index (Phi) is 6.63. The number of hydrogen-bond acceptors (Lipinski definition) is 6. The lowest BCUT2D eigenvalue weighted by atomic mass is 9.92. The fourth-order valence-electron chi connectivity index (χ4n) is 2.18. The number of nitrogens with two attached hydrogens (primary N) is 2. The third kappa shape index (κ3) is 5.86. The number of benzene rings is 1. The highest BCUT2D eigenvalue weighted by atomic mass is 32.2. The van der Waals surface area contributed by atoms with Gasteiger partial charge in [-0.25, -0.2) is 9.37 Å². The zero-order chi connectivity index (χ0) is 20.0. The Morgan fingerprint density at radius 1 is 1.26 bits per heavy atom. The first kappa shape index (κ1) is 20.5. The van der Waals surface area contributed by atoms with Crippen molar-refractivity contribution in [2.45, 2.75) is 31.1 Å². The molecular weight excluding hydrogens is 361 g/mol. The number of anilines is 3. The highest BCUT2D eigenvalue weighted by Gasteiger charge is 2.17. The molecule has 27 heavy (non-hydrogen) atoms. The van der Waals surface area contributed by atoms with Gasteiger partial charge < -0.3 is 16.8 Å². The average molecular weight is 386 g/mol. The molecule has 1 aromatic heterocycles. The number of thioether (sulfide) groups is 1. The van der Waals surface area contributed by atoms with Crippen molar-refractivity contribution in [2.24, 2.45) is 5.73 Å². The quantitative estimate of drug-likeness (QED) is 0.485. The topological polar surface area (TPSA) is 89.8 Å². The van der Waals surface area contributed by atoms with Crippen LogP contribution in [-0.4, -0.2) is 9.97 Å². The SMILES string of the molecule is C=C/C=C(\C=C/N)Sc1ccc(Nc2cc(C(C)(C)C)nc(N)n2)cc1F. The molecule has 0 bridgehead atoms. The Bertz CT molecular complexity index is 884. The molecule has 5 nitrogen and oxygen atoms in total. The van der Waals surface area contributed by atoms with Crippen LogP contribution in [-0.2, 0) is 5.41 Å². The molecule has 0 aliphatic heterocycles. The second-order valence-electron chi connectivity index (χ2n) is 6.78. The monoisotopic (exact) mass is 385 g/mol. The summed E-state index contributed by atoms with van der Waals surface area (Å²) in [6, 6.07) is 6.69. The summed E-state index contributed by atoms with van der Waals surface area (Å²) in [7, 11) is 0. The van der Waals surface area contributed by atoms with Crippen molar-refractivity contribution in [2.75, 3.05) is 11.1 Å². The molecule has 1 aromatic carbocycles. The molecule has 0 unspecified atom stereocenters. The Labute approximate surface area is 163 Å². The number of halogens is 1. The van der Waals surface area contributed by atoms with Gasteiger partial charge in [-0.05, 0) is 36.6 Å². The molecule has 2 rings (SSSR count). The predicted molar refractivity (Wildman–Crippen MR) is 112 cm³/mol. The molecule has 5 N–H and O–H groups in total. The van der Waals surface area contributed by atoms with E-state index in [0.29, 0.717) is 16.4 Å². The maximum atomic E-state index is 14.5. The van der Waals surface area contributed by atoms with E-state index in [-0.39, 0.29) is 17.2 Å². The summed E-state index contributed by atoms with van der Waals surface area (Å²) in [5, 5.41) is 3.08. The van der Waals surface area contributed by atoms with Gasteiger partial charge in [0.15, 0.2) is 0 Å². The molecular formula is C20H24FN5S. The van der Waals surface area contributed by atoms with Gasteiger partial charge in [0.2, 0.25) is 5.95 Å². The molecule has 1 heterocycles. The highest BCUT2D eigenvalue weighted by Crippen LogP contribution is 2.32. The van der Waals surface area contributed by atoms with Crippen LogP contribution in [0.1, 0.15) is 26.5 Å². The Morgan fingerprint density at radius 3 is 2.59 bits per heavy atom. The molecule has 7 heteroatoms. The third-order valence-corrected chi connectivity index (χ3v) is 4.55. The second kappa shape index (κ2) is 8.73. The number of nitrogens with zero attached hydrogens (tertiary/aromatic N) is 2. The van der Waals surface area contributed by atoms with Crippen LogP contribution >= 0.6 is 11.8 Å². The van der Waals surface area contributed by atoms with Gasteiger partial charge in [0.1, 0.15) is 11.6 Å². The molecule has 0 amide bonds. The van der Waals surface area contributed by atoms with Crippen molar-refractivity contribution >= 4 is 29.2 Å². The van der Waals surface area contributed by atoms with E-state index in [2.05, 4.69) is 21.9 Å².